The Morgan fingerprint density at radius 1 is 1.06 bits per heavy atom. The Kier molecular flexibility index (Phi) is 5.20. The second-order valence-electron chi connectivity index (χ2n) is 8.70. The molecule has 0 bridgehead atoms. The second-order valence-corrected chi connectivity index (χ2v) is 8.70. The van der Waals surface area contributed by atoms with Crippen molar-refractivity contribution < 1.29 is 4.79 Å². The van der Waals surface area contributed by atoms with Crippen LogP contribution in [0.1, 0.15) is 31.9 Å². The lowest BCUT2D eigenvalue weighted by atomic mass is 10.0. The van der Waals surface area contributed by atoms with Gasteiger partial charge in [0.05, 0.1) is 16.8 Å². The first-order valence-electron chi connectivity index (χ1n) is 11.1. The Hall–Kier alpha value is -3.94. The lowest BCUT2D eigenvalue weighted by Crippen LogP contribution is -2.33. The van der Waals surface area contributed by atoms with Crippen LogP contribution in [0, 0.1) is 0 Å². The van der Waals surface area contributed by atoms with Crippen LogP contribution < -0.4 is 15.8 Å². The molecular formula is C25H26N6O2. The van der Waals surface area contributed by atoms with Gasteiger partial charge in [-0.3, -0.25) is 14.3 Å². The molecule has 2 aromatic heterocycles. The summed E-state index contributed by atoms with van der Waals surface area (Å²) in [5, 5.41) is 16.1. The molecule has 33 heavy (non-hydrogen) atoms. The van der Waals surface area contributed by atoms with Crippen LogP contribution in [0.25, 0.3) is 22.0 Å². The van der Waals surface area contributed by atoms with E-state index in [1.807, 2.05) is 55.6 Å². The summed E-state index contributed by atoms with van der Waals surface area (Å²) < 4.78 is 1.79. The predicted octanol–water partition coefficient (Wildman–Crippen LogP) is 3.66. The first-order chi connectivity index (χ1) is 15.9. The number of H-pyrrole nitrogens is 1. The van der Waals surface area contributed by atoms with E-state index in [1.54, 1.807) is 15.6 Å². The van der Waals surface area contributed by atoms with Crippen molar-refractivity contribution in [3.63, 3.8) is 0 Å². The number of aromatic amines is 1. The maximum atomic E-state index is 13.1. The van der Waals surface area contributed by atoms with Crippen LogP contribution in [0.4, 0.5) is 11.5 Å². The van der Waals surface area contributed by atoms with Gasteiger partial charge in [0, 0.05) is 36.3 Å². The number of hydrogen-bond acceptors (Lipinski definition) is 5. The molecule has 0 radical (unpaired) electrons. The fraction of sp³-hybridized carbons (Fsp3) is 0.280. The van der Waals surface area contributed by atoms with Crippen molar-refractivity contribution in [1.29, 1.82) is 0 Å². The minimum Gasteiger partial charge on any atom is -0.359 e. The molecule has 4 aromatic rings. The van der Waals surface area contributed by atoms with Crippen molar-refractivity contribution >= 4 is 28.2 Å². The molecule has 1 saturated heterocycles. The lowest BCUT2D eigenvalue weighted by Gasteiger charge is -2.18. The highest BCUT2D eigenvalue weighted by atomic mass is 16.2. The predicted molar refractivity (Wildman–Crippen MR) is 129 cm³/mol. The molecule has 2 N–H and O–H groups in total. The van der Waals surface area contributed by atoms with Crippen LogP contribution in [-0.4, -0.2) is 38.5 Å². The van der Waals surface area contributed by atoms with Crippen molar-refractivity contribution in [3.05, 3.63) is 70.6 Å². The average molecular weight is 443 g/mol. The Labute approximate surface area is 191 Å². The molecule has 1 aliphatic rings. The number of aromatic nitrogens is 4. The number of anilines is 2. The molecule has 1 amide bonds. The molecule has 1 fully saturated rings. The molecule has 0 aliphatic carbocycles. The van der Waals surface area contributed by atoms with Gasteiger partial charge in [-0.05, 0) is 30.5 Å². The average Bonchev–Trinajstić information content (AvgIpc) is 3.37. The number of aryl methyl sites for hydroxylation is 1. The number of carbonyl (C=O) groups excluding carboxylic acids is 1. The molecule has 8 nitrogen and oxygen atoms in total. The maximum absolute atomic E-state index is 13.1. The number of nitrogens with zero attached hydrogens (tertiary/aromatic N) is 4. The van der Waals surface area contributed by atoms with Crippen LogP contribution >= 0.6 is 0 Å². The van der Waals surface area contributed by atoms with Crippen molar-refractivity contribution in [2.45, 2.75) is 32.2 Å². The van der Waals surface area contributed by atoms with Crippen molar-refractivity contribution in [2.75, 3.05) is 16.8 Å². The van der Waals surface area contributed by atoms with Gasteiger partial charge < -0.3 is 10.2 Å². The zero-order chi connectivity index (χ0) is 23.1. The van der Waals surface area contributed by atoms with Gasteiger partial charge in [-0.1, -0.05) is 44.2 Å². The third kappa shape index (κ3) is 3.77. The van der Waals surface area contributed by atoms with E-state index in [9.17, 15) is 9.59 Å². The summed E-state index contributed by atoms with van der Waals surface area (Å²) in [5.74, 6) is 1.23. The van der Waals surface area contributed by atoms with Crippen molar-refractivity contribution in [1.82, 2.24) is 20.0 Å². The Balaban J connectivity index is 1.36. The molecule has 168 valence electrons. The normalized spacial score (nSPS) is 16.2. The molecule has 0 spiro atoms. The van der Waals surface area contributed by atoms with Gasteiger partial charge in [0.2, 0.25) is 5.91 Å². The highest BCUT2D eigenvalue weighted by Gasteiger charge is 2.33. The first-order valence-corrected chi connectivity index (χ1v) is 11.1. The van der Waals surface area contributed by atoms with Gasteiger partial charge in [0.15, 0.2) is 0 Å². The smallest absolute Gasteiger partial charge is 0.272 e. The van der Waals surface area contributed by atoms with Crippen LogP contribution in [-0.2, 0) is 11.8 Å². The van der Waals surface area contributed by atoms with E-state index < -0.39 is 0 Å². The van der Waals surface area contributed by atoms with E-state index in [2.05, 4.69) is 34.5 Å². The Bertz CT molecular complexity index is 1390. The molecule has 1 unspecified atom stereocenters. The highest BCUT2D eigenvalue weighted by molar-refractivity contribution is 6.01. The van der Waals surface area contributed by atoms with Gasteiger partial charge in [0.1, 0.15) is 11.9 Å². The van der Waals surface area contributed by atoms with Crippen LogP contribution in [0.3, 0.4) is 0 Å². The summed E-state index contributed by atoms with van der Waals surface area (Å²) >= 11 is 0. The van der Waals surface area contributed by atoms with Gasteiger partial charge in [0.25, 0.3) is 5.56 Å². The minimum atomic E-state index is -0.287. The van der Waals surface area contributed by atoms with E-state index in [-0.39, 0.29) is 17.5 Å². The Morgan fingerprint density at radius 2 is 1.79 bits per heavy atom. The number of carbonyl (C=O) groups is 1. The van der Waals surface area contributed by atoms with Crippen molar-refractivity contribution in [3.8, 4) is 11.3 Å². The maximum Gasteiger partial charge on any atom is 0.272 e. The molecule has 3 heterocycles. The van der Waals surface area contributed by atoms with Crippen molar-refractivity contribution in [2.24, 2.45) is 7.05 Å². The number of benzene rings is 2. The number of amides is 1. The number of hydrogen-bond donors (Lipinski definition) is 2. The first kappa shape index (κ1) is 20.9. The molecule has 5 rings (SSSR count). The number of nitrogens with one attached hydrogen (secondary N) is 2. The third-order valence-electron chi connectivity index (χ3n) is 6.17. The molecule has 1 aliphatic heterocycles. The fourth-order valence-electron chi connectivity index (χ4n) is 4.29. The zero-order valence-electron chi connectivity index (χ0n) is 18.9. The Morgan fingerprint density at radius 3 is 2.48 bits per heavy atom. The highest BCUT2D eigenvalue weighted by Crippen LogP contribution is 2.29. The quantitative estimate of drug-likeness (QED) is 0.492. The van der Waals surface area contributed by atoms with Crippen LogP contribution in [0.5, 0.6) is 0 Å². The topological polar surface area (TPSA) is 95.9 Å². The summed E-state index contributed by atoms with van der Waals surface area (Å²) in [6.07, 6.45) is 0.717. The van der Waals surface area contributed by atoms with Gasteiger partial charge in [-0.2, -0.15) is 10.2 Å². The number of fused-ring (bicyclic) bond motifs is 1. The largest absolute Gasteiger partial charge is 0.359 e. The van der Waals surface area contributed by atoms with E-state index in [1.165, 1.54) is 0 Å². The second kappa shape index (κ2) is 8.20. The molecule has 0 saturated carbocycles. The van der Waals surface area contributed by atoms with E-state index >= 15 is 0 Å². The minimum absolute atomic E-state index is 0.0441. The lowest BCUT2D eigenvalue weighted by molar-refractivity contribution is -0.117. The molecule has 8 heteroatoms. The summed E-state index contributed by atoms with van der Waals surface area (Å²) in [4.78, 5) is 27.0. The number of rotatable bonds is 5. The zero-order valence-corrected chi connectivity index (χ0v) is 18.9. The van der Waals surface area contributed by atoms with Gasteiger partial charge in [-0.15, -0.1) is 0 Å². The molecule has 2 aromatic carbocycles. The standard InChI is InChI=1S/C25H26N6O2/c1-15(2)21-14-22(30(3)29-21)26-20-12-13-31(25(20)33)17-10-8-16(9-11-17)23-18-6-4-5-7-19(18)24(32)28-27-23/h4-11,14-15,20,26H,12-13H2,1-3H3,(H,28,32). The van der Waals surface area contributed by atoms with E-state index in [0.29, 0.717) is 23.5 Å². The van der Waals surface area contributed by atoms with E-state index in [0.717, 1.165) is 34.6 Å². The summed E-state index contributed by atoms with van der Waals surface area (Å²) in [6.45, 7) is 4.85. The van der Waals surface area contributed by atoms with Crippen LogP contribution in [0.15, 0.2) is 59.4 Å². The fourth-order valence-corrected chi connectivity index (χ4v) is 4.29. The van der Waals surface area contributed by atoms with Gasteiger partial charge >= 0.3 is 0 Å². The van der Waals surface area contributed by atoms with Gasteiger partial charge in [-0.25, -0.2) is 5.10 Å². The monoisotopic (exact) mass is 442 g/mol. The summed E-state index contributed by atoms with van der Waals surface area (Å²) in [7, 11) is 1.89. The third-order valence-corrected chi connectivity index (χ3v) is 6.17. The van der Waals surface area contributed by atoms with E-state index in [4.69, 9.17) is 0 Å². The summed E-state index contributed by atoms with van der Waals surface area (Å²) in [5.41, 5.74) is 3.22. The SMILES string of the molecule is CC(C)c1cc(NC2CCN(c3ccc(-c4n[nH]c(=O)c5ccccc45)cc3)C2=O)n(C)n1. The summed E-state index contributed by atoms with van der Waals surface area (Å²) in [6, 6.07) is 16.9. The van der Waals surface area contributed by atoms with Crippen LogP contribution in [0.2, 0.25) is 0 Å². The molecule has 1 atom stereocenters. The molecular weight excluding hydrogens is 416 g/mol.